The molecule has 1 N–H and O–H groups in total. The summed E-state index contributed by atoms with van der Waals surface area (Å²) >= 11 is 0. The predicted octanol–water partition coefficient (Wildman–Crippen LogP) is 0.105. The Hall–Kier alpha value is -2.24. The minimum atomic E-state index is -0.473. The van der Waals surface area contributed by atoms with Crippen LogP contribution in [0.2, 0.25) is 0 Å². The Morgan fingerprint density at radius 3 is 3.00 bits per heavy atom. The number of ether oxygens (including phenoxy) is 1. The van der Waals surface area contributed by atoms with Gasteiger partial charge in [0.1, 0.15) is 5.52 Å². The van der Waals surface area contributed by atoms with Gasteiger partial charge in [-0.15, -0.1) is 5.10 Å². The highest BCUT2D eigenvalue weighted by Crippen LogP contribution is 2.09. The minimum Gasteiger partial charge on any atom is -0.465 e. The standard InChI is InChI=1S/C9H7N3O3/c1-15-9(14)5-2-3-6-7(4-5)10-12-11-8(6)13/h2-4H,1H3,(H,10,11,13). The number of carbonyl (C=O) groups excluding carboxylic acids is 1. The smallest absolute Gasteiger partial charge is 0.337 e. The lowest BCUT2D eigenvalue weighted by molar-refractivity contribution is 0.0601. The van der Waals surface area contributed by atoms with Crippen LogP contribution < -0.4 is 5.56 Å². The van der Waals surface area contributed by atoms with Crippen LogP contribution in [0.25, 0.3) is 10.9 Å². The number of carbonyl (C=O) groups is 1. The summed E-state index contributed by atoms with van der Waals surface area (Å²) < 4.78 is 4.54. The zero-order valence-electron chi connectivity index (χ0n) is 7.85. The van der Waals surface area contributed by atoms with Gasteiger partial charge in [0, 0.05) is 0 Å². The van der Waals surface area contributed by atoms with Gasteiger partial charge in [-0.25, -0.2) is 9.89 Å². The number of H-pyrrole nitrogens is 1. The van der Waals surface area contributed by atoms with E-state index in [1.54, 1.807) is 0 Å². The zero-order chi connectivity index (χ0) is 10.8. The van der Waals surface area contributed by atoms with Gasteiger partial charge in [-0.2, -0.15) is 0 Å². The maximum atomic E-state index is 11.3. The van der Waals surface area contributed by atoms with Crippen LogP contribution in [0.5, 0.6) is 0 Å². The van der Waals surface area contributed by atoms with Gasteiger partial charge in [-0.3, -0.25) is 4.79 Å². The summed E-state index contributed by atoms with van der Waals surface area (Å²) in [5, 5.41) is 9.70. The Bertz CT molecular complexity index is 576. The molecule has 2 aromatic rings. The molecule has 0 saturated carbocycles. The first-order chi connectivity index (χ1) is 7.22. The van der Waals surface area contributed by atoms with Crippen molar-refractivity contribution in [3.63, 3.8) is 0 Å². The van der Waals surface area contributed by atoms with Crippen molar-refractivity contribution in [2.45, 2.75) is 0 Å². The summed E-state index contributed by atoms with van der Waals surface area (Å²) in [6.07, 6.45) is 0. The molecule has 15 heavy (non-hydrogen) atoms. The fourth-order valence-electron chi connectivity index (χ4n) is 1.24. The van der Waals surface area contributed by atoms with Crippen LogP contribution in [0.4, 0.5) is 0 Å². The lowest BCUT2D eigenvalue weighted by atomic mass is 10.1. The van der Waals surface area contributed by atoms with E-state index in [-0.39, 0.29) is 5.56 Å². The molecule has 6 heteroatoms. The molecule has 6 nitrogen and oxygen atoms in total. The van der Waals surface area contributed by atoms with E-state index in [1.165, 1.54) is 25.3 Å². The van der Waals surface area contributed by atoms with Crippen LogP contribution in [0.15, 0.2) is 23.0 Å². The number of nitrogens with zero attached hydrogens (tertiary/aromatic N) is 2. The lowest BCUT2D eigenvalue weighted by Gasteiger charge is -1.99. The van der Waals surface area contributed by atoms with Crippen LogP contribution >= 0.6 is 0 Å². The van der Waals surface area contributed by atoms with Gasteiger partial charge in [0.25, 0.3) is 5.56 Å². The molecule has 0 aliphatic rings. The van der Waals surface area contributed by atoms with E-state index in [0.29, 0.717) is 16.5 Å². The third-order valence-electron chi connectivity index (χ3n) is 1.97. The van der Waals surface area contributed by atoms with Gasteiger partial charge >= 0.3 is 5.97 Å². The highest BCUT2D eigenvalue weighted by atomic mass is 16.5. The Morgan fingerprint density at radius 1 is 1.47 bits per heavy atom. The van der Waals surface area contributed by atoms with Crippen molar-refractivity contribution in [3.8, 4) is 0 Å². The van der Waals surface area contributed by atoms with Gasteiger partial charge in [0.15, 0.2) is 0 Å². The number of fused-ring (bicyclic) bond motifs is 1. The number of hydrogen-bond donors (Lipinski definition) is 1. The molecular formula is C9H7N3O3. The number of esters is 1. The number of aromatic nitrogens is 3. The van der Waals surface area contributed by atoms with E-state index in [4.69, 9.17) is 0 Å². The molecular weight excluding hydrogens is 198 g/mol. The van der Waals surface area contributed by atoms with E-state index < -0.39 is 5.97 Å². The Kier molecular flexibility index (Phi) is 2.17. The topological polar surface area (TPSA) is 84.9 Å². The van der Waals surface area contributed by atoms with E-state index >= 15 is 0 Å². The van der Waals surface area contributed by atoms with Crippen molar-refractivity contribution >= 4 is 16.9 Å². The van der Waals surface area contributed by atoms with E-state index in [9.17, 15) is 9.59 Å². The molecule has 0 radical (unpaired) electrons. The first-order valence-corrected chi connectivity index (χ1v) is 4.16. The largest absolute Gasteiger partial charge is 0.465 e. The molecule has 0 amide bonds. The highest BCUT2D eigenvalue weighted by Gasteiger charge is 2.07. The van der Waals surface area contributed by atoms with Crippen LogP contribution in [-0.2, 0) is 4.74 Å². The summed E-state index contributed by atoms with van der Waals surface area (Å²) in [5.74, 6) is -0.473. The van der Waals surface area contributed by atoms with Crippen LogP contribution in [0.3, 0.4) is 0 Å². The van der Waals surface area contributed by atoms with E-state index in [0.717, 1.165) is 0 Å². The quantitative estimate of drug-likeness (QED) is 0.667. The number of nitrogens with one attached hydrogen (secondary N) is 1. The lowest BCUT2D eigenvalue weighted by Crippen LogP contribution is -2.10. The van der Waals surface area contributed by atoms with Gasteiger partial charge < -0.3 is 4.74 Å². The second kappa shape index (κ2) is 3.49. The van der Waals surface area contributed by atoms with Crippen LogP contribution in [0, 0.1) is 0 Å². The maximum Gasteiger partial charge on any atom is 0.337 e. The van der Waals surface area contributed by atoms with Crippen molar-refractivity contribution < 1.29 is 9.53 Å². The first kappa shape index (κ1) is 9.32. The first-order valence-electron chi connectivity index (χ1n) is 4.16. The molecule has 0 fully saturated rings. The molecule has 0 bridgehead atoms. The molecule has 0 aliphatic carbocycles. The Balaban J connectivity index is 2.67. The number of benzene rings is 1. The number of rotatable bonds is 1. The SMILES string of the molecule is COC(=O)c1ccc2c(=O)[nH]nnc2c1. The van der Waals surface area contributed by atoms with Gasteiger partial charge in [0.05, 0.1) is 18.1 Å². The molecule has 0 aliphatic heterocycles. The summed E-state index contributed by atoms with van der Waals surface area (Å²) in [6, 6.07) is 4.48. The molecule has 76 valence electrons. The van der Waals surface area contributed by atoms with Crippen molar-refractivity contribution in [1.82, 2.24) is 15.4 Å². The molecule has 1 aromatic carbocycles. The summed E-state index contributed by atoms with van der Waals surface area (Å²) in [5.41, 5.74) is 0.364. The summed E-state index contributed by atoms with van der Waals surface area (Å²) in [4.78, 5) is 22.4. The second-order valence-corrected chi connectivity index (χ2v) is 2.86. The maximum absolute atomic E-state index is 11.3. The van der Waals surface area contributed by atoms with Crippen molar-refractivity contribution in [1.29, 1.82) is 0 Å². The molecule has 2 rings (SSSR count). The third kappa shape index (κ3) is 1.56. The van der Waals surface area contributed by atoms with E-state index in [1.807, 2.05) is 0 Å². The molecule has 0 atom stereocenters. The van der Waals surface area contributed by atoms with Gasteiger partial charge in [-0.05, 0) is 18.2 Å². The predicted molar refractivity (Wildman–Crippen MR) is 51.5 cm³/mol. The molecule has 1 aromatic heterocycles. The van der Waals surface area contributed by atoms with Crippen LogP contribution in [-0.4, -0.2) is 28.5 Å². The average molecular weight is 205 g/mol. The van der Waals surface area contributed by atoms with Crippen molar-refractivity contribution in [2.75, 3.05) is 7.11 Å². The number of hydrogen-bond acceptors (Lipinski definition) is 5. The molecule has 0 saturated heterocycles. The minimum absolute atomic E-state index is 0.337. The summed E-state index contributed by atoms with van der Waals surface area (Å²) in [6.45, 7) is 0. The fourth-order valence-corrected chi connectivity index (χ4v) is 1.24. The Labute approximate surface area is 83.9 Å². The second-order valence-electron chi connectivity index (χ2n) is 2.86. The normalized spacial score (nSPS) is 10.2. The molecule has 0 unspecified atom stereocenters. The molecule has 0 spiro atoms. The highest BCUT2D eigenvalue weighted by molar-refractivity contribution is 5.93. The monoisotopic (exact) mass is 205 g/mol. The zero-order valence-corrected chi connectivity index (χ0v) is 7.85. The Morgan fingerprint density at radius 2 is 2.27 bits per heavy atom. The van der Waals surface area contributed by atoms with Crippen LogP contribution in [0.1, 0.15) is 10.4 Å². The molecule has 1 heterocycles. The third-order valence-corrected chi connectivity index (χ3v) is 1.97. The fraction of sp³-hybridized carbons (Fsp3) is 0.111. The summed E-state index contributed by atoms with van der Waals surface area (Å²) in [7, 11) is 1.29. The average Bonchev–Trinajstić information content (AvgIpc) is 2.28. The number of methoxy groups -OCH3 is 1. The van der Waals surface area contributed by atoms with Crippen molar-refractivity contribution in [2.24, 2.45) is 0 Å². The van der Waals surface area contributed by atoms with Gasteiger partial charge in [-0.1, -0.05) is 5.21 Å². The van der Waals surface area contributed by atoms with E-state index in [2.05, 4.69) is 20.1 Å². The van der Waals surface area contributed by atoms with Gasteiger partial charge in [0.2, 0.25) is 0 Å². The number of aromatic amines is 1. The van der Waals surface area contributed by atoms with Crippen molar-refractivity contribution in [3.05, 3.63) is 34.1 Å².